The van der Waals surface area contributed by atoms with Crippen LogP contribution in [0, 0.1) is 0 Å². The molecule has 0 saturated heterocycles. The molecule has 7 heteroatoms. The number of hydrogen-bond acceptors (Lipinski definition) is 5. The Morgan fingerprint density at radius 3 is 2.81 bits per heavy atom. The quantitative estimate of drug-likeness (QED) is 0.630. The molecule has 0 amide bonds. The highest BCUT2D eigenvalue weighted by Crippen LogP contribution is 2.16. The molecule has 0 aromatic carbocycles. The van der Waals surface area contributed by atoms with Gasteiger partial charge in [-0.15, -0.1) is 10.2 Å². The monoisotopic (exact) mass is 284 g/mol. The van der Waals surface area contributed by atoms with E-state index in [0.717, 1.165) is 24.1 Å². The first-order valence-corrected chi connectivity index (χ1v) is 6.78. The topological polar surface area (TPSA) is 103 Å². The van der Waals surface area contributed by atoms with E-state index < -0.39 is 6.10 Å². The van der Waals surface area contributed by atoms with Gasteiger partial charge in [0, 0.05) is 30.7 Å². The summed E-state index contributed by atoms with van der Waals surface area (Å²) in [6, 6.07) is 6.12. The van der Waals surface area contributed by atoms with E-state index in [9.17, 15) is 5.11 Å². The van der Waals surface area contributed by atoms with E-state index in [1.54, 1.807) is 12.4 Å². The third kappa shape index (κ3) is 3.51. The SMILES string of the molecule is OC(CCc1c[nH]c(Cc2ccncc2)c1)c1nn[nH]n1. The molecule has 0 fully saturated rings. The van der Waals surface area contributed by atoms with E-state index in [0.29, 0.717) is 12.2 Å². The van der Waals surface area contributed by atoms with Gasteiger partial charge in [-0.2, -0.15) is 5.21 Å². The zero-order valence-corrected chi connectivity index (χ0v) is 11.4. The highest BCUT2D eigenvalue weighted by molar-refractivity contribution is 5.23. The molecular weight excluding hydrogens is 268 g/mol. The number of nitrogens with one attached hydrogen (secondary N) is 2. The standard InChI is InChI=1S/C14H16N6O/c21-13(14-17-19-20-18-14)2-1-11-8-12(16-9-11)7-10-3-5-15-6-4-10/h3-6,8-9,13,16,21H,1-2,7H2,(H,17,18,19,20). The van der Waals surface area contributed by atoms with Crippen molar-refractivity contribution in [2.45, 2.75) is 25.4 Å². The van der Waals surface area contributed by atoms with Gasteiger partial charge >= 0.3 is 0 Å². The predicted molar refractivity (Wildman–Crippen MR) is 75.3 cm³/mol. The first-order chi connectivity index (χ1) is 10.3. The average Bonchev–Trinajstić information content (AvgIpc) is 3.17. The van der Waals surface area contributed by atoms with Crippen LogP contribution in [0.3, 0.4) is 0 Å². The van der Waals surface area contributed by atoms with Crippen LogP contribution >= 0.6 is 0 Å². The fourth-order valence-corrected chi connectivity index (χ4v) is 2.20. The number of hydrogen-bond donors (Lipinski definition) is 3. The van der Waals surface area contributed by atoms with Crippen molar-refractivity contribution in [1.82, 2.24) is 30.6 Å². The lowest BCUT2D eigenvalue weighted by atomic mass is 10.1. The lowest BCUT2D eigenvalue weighted by molar-refractivity contribution is 0.158. The summed E-state index contributed by atoms with van der Waals surface area (Å²) >= 11 is 0. The molecular formula is C14H16N6O. The third-order valence-corrected chi connectivity index (χ3v) is 3.31. The van der Waals surface area contributed by atoms with Crippen LogP contribution in [0.4, 0.5) is 0 Å². The van der Waals surface area contributed by atoms with Crippen LogP contribution in [0.2, 0.25) is 0 Å². The van der Waals surface area contributed by atoms with Crippen LogP contribution in [-0.2, 0) is 12.8 Å². The Labute approximate surface area is 121 Å². The van der Waals surface area contributed by atoms with E-state index in [4.69, 9.17) is 0 Å². The molecule has 0 aliphatic heterocycles. The van der Waals surface area contributed by atoms with Gasteiger partial charge < -0.3 is 10.1 Å². The van der Waals surface area contributed by atoms with Crippen molar-refractivity contribution in [3.05, 3.63) is 59.4 Å². The molecule has 0 aliphatic rings. The number of rotatable bonds is 6. The van der Waals surface area contributed by atoms with Gasteiger partial charge in [-0.05, 0) is 42.2 Å². The lowest BCUT2D eigenvalue weighted by Gasteiger charge is -2.03. The van der Waals surface area contributed by atoms with Gasteiger partial charge in [0.1, 0.15) is 6.10 Å². The molecule has 3 aromatic rings. The van der Waals surface area contributed by atoms with Gasteiger partial charge in [0.2, 0.25) is 5.82 Å². The molecule has 1 unspecified atom stereocenters. The van der Waals surface area contributed by atoms with Crippen molar-refractivity contribution in [1.29, 1.82) is 0 Å². The maximum absolute atomic E-state index is 9.91. The number of aliphatic hydroxyl groups excluding tert-OH is 1. The van der Waals surface area contributed by atoms with E-state index in [1.165, 1.54) is 5.56 Å². The number of aromatic amines is 2. The van der Waals surface area contributed by atoms with Crippen LogP contribution in [0.15, 0.2) is 36.8 Å². The number of pyridine rings is 1. The number of nitrogens with zero attached hydrogens (tertiary/aromatic N) is 4. The Kier molecular flexibility index (Phi) is 4.02. The maximum Gasteiger partial charge on any atom is 0.202 e. The third-order valence-electron chi connectivity index (χ3n) is 3.31. The van der Waals surface area contributed by atoms with Crippen LogP contribution in [-0.4, -0.2) is 35.7 Å². The van der Waals surface area contributed by atoms with Crippen molar-refractivity contribution in [2.24, 2.45) is 0 Å². The van der Waals surface area contributed by atoms with Crippen molar-refractivity contribution in [3.63, 3.8) is 0 Å². The summed E-state index contributed by atoms with van der Waals surface area (Å²) in [7, 11) is 0. The molecule has 0 bridgehead atoms. The minimum Gasteiger partial charge on any atom is -0.385 e. The van der Waals surface area contributed by atoms with E-state index in [-0.39, 0.29) is 0 Å². The largest absolute Gasteiger partial charge is 0.385 e. The van der Waals surface area contributed by atoms with Crippen LogP contribution in [0.1, 0.15) is 35.2 Å². The Balaban J connectivity index is 1.55. The summed E-state index contributed by atoms with van der Waals surface area (Å²) in [6.07, 6.45) is 7.02. The normalized spacial score (nSPS) is 12.4. The number of aryl methyl sites for hydroxylation is 1. The lowest BCUT2D eigenvalue weighted by Crippen LogP contribution is -2.01. The molecule has 3 rings (SSSR count). The summed E-state index contributed by atoms with van der Waals surface area (Å²) in [6.45, 7) is 0. The molecule has 3 heterocycles. The summed E-state index contributed by atoms with van der Waals surface area (Å²) in [5.74, 6) is 0.336. The van der Waals surface area contributed by atoms with Crippen LogP contribution in [0.5, 0.6) is 0 Å². The molecule has 21 heavy (non-hydrogen) atoms. The molecule has 0 aliphatic carbocycles. The zero-order chi connectivity index (χ0) is 14.5. The second-order valence-corrected chi connectivity index (χ2v) is 4.89. The zero-order valence-electron chi connectivity index (χ0n) is 11.4. The highest BCUT2D eigenvalue weighted by atomic mass is 16.3. The molecule has 3 N–H and O–H groups in total. The molecule has 3 aromatic heterocycles. The first kappa shape index (κ1) is 13.4. The van der Waals surface area contributed by atoms with Gasteiger partial charge in [0.15, 0.2) is 0 Å². The summed E-state index contributed by atoms with van der Waals surface area (Å²) in [5.41, 5.74) is 3.51. The van der Waals surface area contributed by atoms with Gasteiger partial charge in [-0.3, -0.25) is 4.98 Å². The predicted octanol–water partition coefficient (Wildman–Crippen LogP) is 1.18. The van der Waals surface area contributed by atoms with Crippen molar-refractivity contribution in [3.8, 4) is 0 Å². The highest BCUT2D eigenvalue weighted by Gasteiger charge is 2.12. The Hall–Kier alpha value is -2.54. The van der Waals surface area contributed by atoms with Crippen molar-refractivity contribution >= 4 is 0 Å². The van der Waals surface area contributed by atoms with E-state index in [1.807, 2.05) is 18.3 Å². The fraction of sp³-hybridized carbons (Fsp3) is 0.286. The second-order valence-electron chi connectivity index (χ2n) is 4.89. The van der Waals surface area contributed by atoms with E-state index in [2.05, 4.69) is 36.7 Å². The Morgan fingerprint density at radius 1 is 1.19 bits per heavy atom. The second kappa shape index (κ2) is 6.27. The summed E-state index contributed by atoms with van der Waals surface area (Å²) < 4.78 is 0. The molecule has 0 radical (unpaired) electrons. The Bertz CT molecular complexity index is 664. The van der Waals surface area contributed by atoms with E-state index >= 15 is 0 Å². The van der Waals surface area contributed by atoms with Crippen LogP contribution < -0.4 is 0 Å². The number of tetrazole rings is 1. The minimum atomic E-state index is -0.692. The minimum absolute atomic E-state index is 0.336. The molecule has 108 valence electrons. The summed E-state index contributed by atoms with van der Waals surface area (Å²) in [5, 5.41) is 23.2. The van der Waals surface area contributed by atoms with Crippen molar-refractivity contribution in [2.75, 3.05) is 0 Å². The molecule has 1 atom stereocenters. The maximum atomic E-state index is 9.91. The fourth-order valence-electron chi connectivity index (χ4n) is 2.20. The molecule has 7 nitrogen and oxygen atoms in total. The average molecular weight is 284 g/mol. The van der Waals surface area contributed by atoms with Crippen molar-refractivity contribution < 1.29 is 5.11 Å². The van der Waals surface area contributed by atoms with Gasteiger partial charge in [-0.1, -0.05) is 5.21 Å². The van der Waals surface area contributed by atoms with Gasteiger partial charge in [0.05, 0.1) is 0 Å². The number of aromatic nitrogens is 6. The first-order valence-electron chi connectivity index (χ1n) is 6.78. The smallest absolute Gasteiger partial charge is 0.202 e. The van der Waals surface area contributed by atoms with Gasteiger partial charge in [-0.25, -0.2) is 0 Å². The molecule has 0 spiro atoms. The number of H-pyrrole nitrogens is 2. The van der Waals surface area contributed by atoms with Gasteiger partial charge in [0.25, 0.3) is 0 Å². The summed E-state index contributed by atoms with van der Waals surface area (Å²) in [4.78, 5) is 7.27. The Morgan fingerprint density at radius 2 is 2.05 bits per heavy atom. The van der Waals surface area contributed by atoms with Crippen LogP contribution in [0.25, 0.3) is 0 Å². The molecule has 0 saturated carbocycles. The number of aliphatic hydroxyl groups is 1.